The van der Waals surface area contributed by atoms with Gasteiger partial charge in [-0.15, -0.1) is 0 Å². The molecule has 3 aromatic heterocycles. The summed E-state index contributed by atoms with van der Waals surface area (Å²) in [5.41, 5.74) is 1.85. The highest BCUT2D eigenvalue weighted by molar-refractivity contribution is 6.12. The van der Waals surface area contributed by atoms with Crippen LogP contribution in [0.1, 0.15) is 22.5 Å². The van der Waals surface area contributed by atoms with Crippen molar-refractivity contribution in [1.82, 2.24) is 24.7 Å². The Morgan fingerprint density at radius 1 is 1.31 bits per heavy atom. The molecule has 1 amide bonds. The molecule has 4 heterocycles. The highest BCUT2D eigenvalue weighted by Crippen LogP contribution is 2.30. The zero-order valence-electron chi connectivity index (χ0n) is 17.6. The van der Waals surface area contributed by atoms with Gasteiger partial charge in [0.25, 0.3) is 5.91 Å². The molecule has 1 atom stereocenters. The molecule has 32 heavy (non-hydrogen) atoms. The summed E-state index contributed by atoms with van der Waals surface area (Å²) in [6.45, 7) is 3.42. The van der Waals surface area contributed by atoms with E-state index in [4.69, 9.17) is 9.47 Å². The summed E-state index contributed by atoms with van der Waals surface area (Å²) >= 11 is 0. The molecule has 1 aromatic carbocycles. The van der Waals surface area contributed by atoms with Crippen molar-refractivity contribution in [1.29, 1.82) is 0 Å². The van der Waals surface area contributed by atoms with Crippen LogP contribution in [0.4, 0.5) is 10.1 Å². The van der Waals surface area contributed by atoms with Gasteiger partial charge in [0, 0.05) is 31.2 Å². The third kappa shape index (κ3) is 3.69. The summed E-state index contributed by atoms with van der Waals surface area (Å²) in [5.74, 6) is -0.381. The molecule has 4 aromatic rings. The van der Waals surface area contributed by atoms with Crippen molar-refractivity contribution in [3.8, 4) is 11.8 Å². The number of benzene rings is 1. The fraction of sp³-hybridized carbons (Fsp3) is 0.273. The Hall–Kier alpha value is -3.79. The van der Waals surface area contributed by atoms with Gasteiger partial charge in [0.05, 0.1) is 35.0 Å². The van der Waals surface area contributed by atoms with Crippen LogP contribution in [-0.2, 0) is 0 Å². The van der Waals surface area contributed by atoms with E-state index >= 15 is 0 Å². The van der Waals surface area contributed by atoms with Crippen LogP contribution in [0.3, 0.4) is 0 Å². The molecule has 0 saturated carbocycles. The van der Waals surface area contributed by atoms with E-state index in [1.165, 1.54) is 17.6 Å². The molecule has 1 fully saturated rings. The zero-order chi connectivity index (χ0) is 22.2. The summed E-state index contributed by atoms with van der Waals surface area (Å²) in [4.78, 5) is 25.8. The van der Waals surface area contributed by atoms with Gasteiger partial charge in [-0.05, 0) is 32.0 Å². The molecule has 1 saturated heterocycles. The van der Waals surface area contributed by atoms with E-state index in [0.29, 0.717) is 33.6 Å². The van der Waals surface area contributed by atoms with Crippen molar-refractivity contribution in [3.63, 3.8) is 0 Å². The maximum absolute atomic E-state index is 14.4. The number of rotatable bonds is 5. The number of methoxy groups -OCH3 is 1. The molecule has 0 unspecified atom stereocenters. The number of halogens is 1. The zero-order valence-corrected chi connectivity index (χ0v) is 17.6. The summed E-state index contributed by atoms with van der Waals surface area (Å²) in [7, 11) is 1.45. The molecule has 0 bridgehead atoms. The maximum atomic E-state index is 14.4. The normalized spacial score (nSPS) is 15.9. The SMILES string of the molecule is COc1ncc2c(O[C@H]3CCNC3)ccc(C(=O)Nc3cc(F)c4nc(C)cn4c3)c2n1. The standard InChI is InChI=1S/C22H21FN6O3/c1-12-10-29-11-13(7-17(23)20(29)26-12)27-21(30)15-3-4-18(32-14-5-6-24-8-14)16-9-25-22(31-2)28-19(15)16/h3-4,7,9-11,14,24H,5-6,8H2,1-2H3,(H,27,30)/t14-/m0/s1. The summed E-state index contributed by atoms with van der Waals surface area (Å²) < 4.78 is 27.2. The predicted molar refractivity (Wildman–Crippen MR) is 116 cm³/mol. The van der Waals surface area contributed by atoms with Gasteiger partial charge in [0.1, 0.15) is 11.9 Å². The van der Waals surface area contributed by atoms with Crippen LogP contribution in [0, 0.1) is 12.7 Å². The number of pyridine rings is 1. The van der Waals surface area contributed by atoms with Crippen LogP contribution in [0.15, 0.2) is 36.8 Å². The van der Waals surface area contributed by atoms with Gasteiger partial charge in [-0.2, -0.15) is 4.98 Å². The van der Waals surface area contributed by atoms with Gasteiger partial charge in [-0.1, -0.05) is 0 Å². The molecule has 1 aliphatic rings. The summed E-state index contributed by atoms with van der Waals surface area (Å²) in [6.07, 6.45) is 5.80. The highest BCUT2D eigenvalue weighted by atomic mass is 19.1. The van der Waals surface area contributed by atoms with Crippen molar-refractivity contribution >= 4 is 28.1 Å². The van der Waals surface area contributed by atoms with Gasteiger partial charge >= 0.3 is 6.01 Å². The maximum Gasteiger partial charge on any atom is 0.316 e. The first-order valence-corrected chi connectivity index (χ1v) is 10.2. The van der Waals surface area contributed by atoms with Crippen LogP contribution < -0.4 is 20.1 Å². The molecule has 5 rings (SSSR count). The first kappa shape index (κ1) is 20.1. The number of carbonyl (C=O) groups is 1. The number of fused-ring (bicyclic) bond motifs is 2. The monoisotopic (exact) mass is 436 g/mol. The largest absolute Gasteiger partial charge is 0.488 e. The number of anilines is 1. The van der Waals surface area contributed by atoms with Gasteiger partial charge in [-0.25, -0.2) is 14.4 Å². The lowest BCUT2D eigenvalue weighted by atomic mass is 10.1. The Bertz CT molecular complexity index is 1330. The highest BCUT2D eigenvalue weighted by Gasteiger charge is 2.21. The number of hydrogen-bond donors (Lipinski definition) is 2. The number of aromatic nitrogens is 4. The molecule has 1 aliphatic heterocycles. The van der Waals surface area contributed by atoms with E-state index in [0.717, 1.165) is 19.5 Å². The van der Waals surface area contributed by atoms with Crippen LogP contribution in [0.25, 0.3) is 16.6 Å². The van der Waals surface area contributed by atoms with E-state index in [9.17, 15) is 9.18 Å². The molecule has 164 valence electrons. The number of ether oxygens (including phenoxy) is 2. The number of carbonyl (C=O) groups excluding carboxylic acids is 1. The topological polar surface area (TPSA) is 103 Å². The van der Waals surface area contributed by atoms with Crippen molar-refractivity contribution in [2.75, 3.05) is 25.5 Å². The summed E-state index contributed by atoms with van der Waals surface area (Å²) in [6, 6.07) is 4.74. The fourth-order valence-electron chi connectivity index (χ4n) is 3.82. The first-order valence-electron chi connectivity index (χ1n) is 10.2. The number of nitrogens with one attached hydrogen (secondary N) is 2. The average molecular weight is 436 g/mol. The van der Waals surface area contributed by atoms with Gasteiger partial charge in [0.2, 0.25) is 0 Å². The Labute approximate surface area is 182 Å². The molecular weight excluding hydrogens is 415 g/mol. The Morgan fingerprint density at radius 2 is 2.19 bits per heavy atom. The van der Waals surface area contributed by atoms with Crippen LogP contribution >= 0.6 is 0 Å². The van der Waals surface area contributed by atoms with Crippen LogP contribution in [-0.4, -0.2) is 51.6 Å². The second kappa shape index (κ2) is 8.04. The lowest BCUT2D eigenvalue weighted by Gasteiger charge is -2.16. The smallest absolute Gasteiger partial charge is 0.316 e. The number of nitrogens with zero attached hydrogens (tertiary/aromatic N) is 4. The molecular formula is C22H21FN6O3. The van der Waals surface area contributed by atoms with Crippen LogP contribution in [0.5, 0.6) is 11.8 Å². The number of hydrogen-bond acceptors (Lipinski definition) is 7. The minimum Gasteiger partial charge on any atom is -0.488 e. The average Bonchev–Trinajstić information content (AvgIpc) is 3.42. The minimum atomic E-state index is -0.529. The van der Waals surface area contributed by atoms with Crippen LogP contribution in [0.2, 0.25) is 0 Å². The fourth-order valence-corrected chi connectivity index (χ4v) is 3.82. The molecule has 9 nitrogen and oxygen atoms in total. The lowest BCUT2D eigenvalue weighted by Crippen LogP contribution is -2.20. The lowest BCUT2D eigenvalue weighted by molar-refractivity contribution is 0.102. The van der Waals surface area contributed by atoms with Gasteiger partial charge in [-0.3, -0.25) is 4.79 Å². The molecule has 10 heteroatoms. The third-order valence-corrected chi connectivity index (χ3v) is 5.31. The number of aryl methyl sites for hydroxylation is 1. The molecule has 2 N–H and O–H groups in total. The Kier molecular flexibility index (Phi) is 5.06. The third-order valence-electron chi connectivity index (χ3n) is 5.31. The number of imidazole rings is 1. The predicted octanol–water partition coefficient (Wildman–Crippen LogP) is 2.73. The van der Waals surface area contributed by atoms with Crippen molar-refractivity contribution < 1.29 is 18.7 Å². The second-order valence-electron chi connectivity index (χ2n) is 7.61. The second-order valence-corrected chi connectivity index (χ2v) is 7.61. The van der Waals surface area contributed by atoms with E-state index in [2.05, 4.69) is 25.6 Å². The number of amides is 1. The first-order chi connectivity index (χ1) is 15.5. The van der Waals surface area contributed by atoms with E-state index in [1.807, 2.05) is 0 Å². The van der Waals surface area contributed by atoms with Crippen molar-refractivity contribution in [2.45, 2.75) is 19.4 Å². The van der Waals surface area contributed by atoms with Crippen molar-refractivity contribution in [3.05, 3.63) is 53.9 Å². The molecule has 0 radical (unpaired) electrons. The van der Waals surface area contributed by atoms with E-state index in [-0.39, 0.29) is 17.8 Å². The van der Waals surface area contributed by atoms with Gasteiger partial charge < -0.3 is 24.5 Å². The summed E-state index contributed by atoms with van der Waals surface area (Å²) in [5, 5.41) is 6.59. The molecule has 0 spiro atoms. The van der Waals surface area contributed by atoms with E-state index in [1.54, 1.807) is 37.6 Å². The van der Waals surface area contributed by atoms with Crippen molar-refractivity contribution in [2.24, 2.45) is 0 Å². The van der Waals surface area contributed by atoms with E-state index < -0.39 is 11.7 Å². The Balaban J connectivity index is 1.51. The quantitative estimate of drug-likeness (QED) is 0.496. The Morgan fingerprint density at radius 3 is 2.97 bits per heavy atom. The van der Waals surface area contributed by atoms with Gasteiger partial charge in [0.15, 0.2) is 11.5 Å². The minimum absolute atomic E-state index is 0.0355. The molecule has 0 aliphatic carbocycles.